The molecule has 120 valence electrons. The van der Waals surface area contributed by atoms with Crippen molar-refractivity contribution in [2.24, 2.45) is 12.5 Å². The molecule has 2 aromatic heterocycles. The van der Waals surface area contributed by atoms with E-state index < -0.39 is 0 Å². The Morgan fingerprint density at radius 3 is 2.65 bits per heavy atom. The van der Waals surface area contributed by atoms with Crippen molar-refractivity contribution in [1.29, 1.82) is 0 Å². The Bertz CT molecular complexity index is 706. The van der Waals surface area contributed by atoms with Gasteiger partial charge in [0.25, 0.3) is 5.91 Å². The van der Waals surface area contributed by atoms with Crippen LogP contribution in [0.15, 0.2) is 24.8 Å². The van der Waals surface area contributed by atoms with Crippen molar-refractivity contribution in [1.82, 2.24) is 29.6 Å². The van der Waals surface area contributed by atoms with Crippen LogP contribution in [-0.2, 0) is 7.05 Å². The number of likely N-dealkylation sites (tertiary alicyclic amines) is 1. The van der Waals surface area contributed by atoms with Gasteiger partial charge >= 0.3 is 0 Å². The molecule has 0 N–H and O–H groups in total. The Labute approximate surface area is 134 Å². The smallest absolute Gasteiger partial charge is 0.291 e. The number of aromatic nitrogens is 5. The second-order valence-corrected chi connectivity index (χ2v) is 6.68. The van der Waals surface area contributed by atoms with Gasteiger partial charge in [-0.2, -0.15) is 0 Å². The molecule has 0 aromatic carbocycles. The highest BCUT2D eigenvalue weighted by Crippen LogP contribution is 2.53. The van der Waals surface area contributed by atoms with Gasteiger partial charge in [-0.15, -0.1) is 10.2 Å². The first kappa shape index (κ1) is 14.3. The van der Waals surface area contributed by atoms with E-state index in [4.69, 9.17) is 0 Å². The van der Waals surface area contributed by atoms with Gasteiger partial charge in [-0.05, 0) is 24.3 Å². The molecule has 3 heterocycles. The zero-order valence-electron chi connectivity index (χ0n) is 13.2. The second kappa shape index (κ2) is 5.40. The molecule has 2 fully saturated rings. The molecule has 7 nitrogen and oxygen atoms in total. The fourth-order valence-corrected chi connectivity index (χ4v) is 4.22. The third-order valence-electron chi connectivity index (χ3n) is 5.35. The van der Waals surface area contributed by atoms with Gasteiger partial charge < -0.3 is 9.47 Å². The third-order valence-corrected chi connectivity index (χ3v) is 5.35. The van der Waals surface area contributed by atoms with E-state index in [1.807, 2.05) is 16.5 Å². The molecule has 2 aromatic rings. The molecule has 1 saturated carbocycles. The van der Waals surface area contributed by atoms with Gasteiger partial charge in [-0.3, -0.25) is 4.79 Å². The molecule has 7 heteroatoms. The molecule has 1 aliphatic carbocycles. The molecule has 0 radical (unpaired) electrons. The highest BCUT2D eigenvalue weighted by atomic mass is 16.2. The van der Waals surface area contributed by atoms with Gasteiger partial charge in [0.1, 0.15) is 12.2 Å². The molecule has 2 aliphatic rings. The Hall–Kier alpha value is -2.31. The van der Waals surface area contributed by atoms with Crippen molar-refractivity contribution in [2.75, 3.05) is 13.1 Å². The number of nitrogens with zero attached hydrogens (tertiary/aromatic N) is 6. The number of aryl methyl sites for hydroxylation is 1. The van der Waals surface area contributed by atoms with Gasteiger partial charge in [0.2, 0.25) is 5.82 Å². The number of carbonyl (C=O) groups excluding carboxylic acids is 1. The van der Waals surface area contributed by atoms with E-state index in [1.165, 1.54) is 12.8 Å². The summed E-state index contributed by atoms with van der Waals surface area (Å²) in [4.78, 5) is 22.9. The molecule has 1 aliphatic heterocycles. The van der Waals surface area contributed by atoms with Crippen LogP contribution < -0.4 is 0 Å². The molecule has 0 bridgehead atoms. The van der Waals surface area contributed by atoms with Crippen LogP contribution in [0.3, 0.4) is 0 Å². The maximum atomic E-state index is 12.7. The first-order valence-corrected chi connectivity index (χ1v) is 8.10. The summed E-state index contributed by atoms with van der Waals surface area (Å²) >= 11 is 0. The summed E-state index contributed by atoms with van der Waals surface area (Å²) in [5.41, 5.74) is 0.130. The van der Waals surface area contributed by atoms with Crippen molar-refractivity contribution < 1.29 is 4.79 Å². The minimum atomic E-state index is -0.0819. The van der Waals surface area contributed by atoms with Gasteiger partial charge in [0, 0.05) is 38.4 Å². The minimum absolute atomic E-state index is 0.0819. The SMILES string of the molecule is Cn1cnnc1C1CN(C(=O)c2ncccn2)CC12CCCC2. The zero-order chi connectivity index (χ0) is 15.9. The van der Waals surface area contributed by atoms with Crippen molar-refractivity contribution in [3.8, 4) is 0 Å². The number of hydrogen-bond acceptors (Lipinski definition) is 5. The summed E-state index contributed by atoms with van der Waals surface area (Å²) in [5, 5.41) is 8.36. The largest absolute Gasteiger partial charge is 0.335 e. The fourth-order valence-electron chi connectivity index (χ4n) is 4.22. The van der Waals surface area contributed by atoms with E-state index in [0.717, 1.165) is 25.2 Å². The highest BCUT2D eigenvalue weighted by molar-refractivity contribution is 5.90. The average molecular weight is 312 g/mol. The maximum Gasteiger partial charge on any atom is 0.291 e. The van der Waals surface area contributed by atoms with Crippen LogP contribution in [0.5, 0.6) is 0 Å². The molecule has 23 heavy (non-hydrogen) atoms. The third kappa shape index (κ3) is 2.31. The predicted molar refractivity (Wildman–Crippen MR) is 82.6 cm³/mol. The van der Waals surface area contributed by atoms with Crippen LogP contribution in [0, 0.1) is 5.41 Å². The Morgan fingerprint density at radius 2 is 2.00 bits per heavy atom. The van der Waals surface area contributed by atoms with Crippen LogP contribution in [0.1, 0.15) is 48.0 Å². The van der Waals surface area contributed by atoms with E-state index in [9.17, 15) is 4.79 Å². The van der Waals surface area contributed by atoms with Crippen LogP contribution in [-0.4, -0.2) is 48.6 Å². The van der Waals surface area contributed by atoms with Crippen molar-refractivity contribution in [3.63, 3.8) is 0 Å². The lowest BCUT2D eigenvalue weighted by Crippen LogP contribution is -2.32. The molecular weight excluding hydrogens is 292 g/mol. The number of rotatable bonds is 2. The molecule has 1 spiro atoms. The first-order valence-electron chi connectivity index (χ1n) is 8.10. The van der Waals surface area contributed by atoms with E-state index in [1.54, 1.807) is 24.8 Å². The number of carbonyl (C=O) groups is 1. The quantitative estimate of drug-likeness (QED) is 0.838. The standard InChI is InChI=1S/C16H20N6O/c1-21-11-19-20-14(21)12-9-22(10-16(12)5-2-3-6-16)15(23)13-17-7-4-8-18-13/h4,7-8,11-12H,2-3,5-6,9-10H2,1H3. The van der Waals surface area contributed by atoms with Crippen LogP contribution >= 0.6 is 0 Å². The summed E-state index contributed by atoms with van der Waals surface area (Å²) in [7, 11) is 1.97. The average Bonchev–Trinajstić information content (AvgIpc) is 3.29. The van der Waals surface area contributed by atoms with Gasteiger partial charge in [0.15, 0.2) is 0 Å². The molecule has 1 unspecified atom stereocenters. The Balaban J connectivity index is 1.65. The lowest BCUT2D eigenvalue weighted by Gasteiger charge is -2.28. The zero-order valence-corrected chi connectivity index (χ0v) is 13.2. The molecule has 1 amide bonds. The van der Waals surface area contributed by atoms with Crippen LogP contribution in [0.2, 0.25) is 0 Å². The van der Waals surface area contributed by atoms with Gasteiger partial charge in [-0.1, -0.05) is 12.8 Å². The molecule has 4 rings (SSSR count). The van der Waals surface area contributed by atoms with Crippen molar-refractivity contribution >= 4 is 5.91 Å². The summed E-state index contributed by atoms with van der Waals surface area (Å²) in [5.74, 6) is 1.42. The Kier molecular flexibility index (Phi) is 3.36. The monoisotopic (exact) mass is 312 g/mol. The lowest BCUT2D eigenvalue weighted by molar-refractivity contribution is 0.0761. The normalized spacial score (nSPS) is 22.8. The van der Waals surface area contributed by atoms with E-state index in [-0.39, 0.29) is 23.1 Å². The summed E-state index contributed by atoms with van der Waals surface area (Å²) in [6.07, 6.45) is 9.69. The lowest BCUT2D eigenvalue weighted by atomic mass is 9.76. The summed E-state index contributed by atoms with van der Waals surface area (Å²) < 4.78 is 1.98. The fraction of sp³-hybridized carbons (Fsp3) is 0.562. The van der Waals surface area contributed by atoms with E-state index in [0.29, 0.717) is 6.54 Å². The minimum Gasteiger partial charge on any atom is -0.335 e. The predicted octanol–water partition coefficient (Wildman–Crippen LogP) is 1.41. The second-order valence-electron chi connectivity index (χ2n) is 6.68. The van der Waals surface area contributed by atoms with Gasteiger partial charge in [0.05, 0.1) is 0 Å². The van der Waals surface area contributed by atoms with Crippen LogP contribution in [0.4, 0.5) is 0 Å². The van der Waals surface area contributed by atoms with E-state index >= 15 is 0 Å². The molecule has 1 atom stereocenters. The van der Waals surface area contributed by atoms with Crippen LogP contribution in [0.25, 0.3) is 0 Å². The molecular formula is C16H20N6O. The Morgan fingerprint density at radius 1 is 1.26 bits per heavy atom. The van der Waals surface area contributed by atoms with E-state index in [2.05, 4.69) is 20.2 Å². The highest BCUT2D eigenvalue weighted by Gasteiger charge is 2.51. The maximum absolute atomic E-state index is 12.7. The summed E-state index contributed by atoms with van der Waals surface area (Å²) in [6.45, 7) is 1.44. The topological polar surface area (TPSA) is 76.8 Å². The molecule has 1 saturated heterocycles. The van der Waals surface area contributed by atoms with Crippen molar-refractivity contribution in [3.05, 3.63) is 36.4 Å². The number of hydrogen-bond donors (Lipinski definition) is 0. The first-order chi connectivity index (χ1) is 11.2. The number of amides is 1. The summed E-state index contributed by atoms with van der Waals surface area (Å²) in [6, 6.07) is 1.72. The van der Waals surface area contributed by atoms with Gasteiger partial charge in [-0.25, -0.2) is 9.97 Å². The van der Waals surface area contributed by atoms with Crippen molar-refractivity contribution in [2.45, 2.75) is 31.6 Å².